The van der Waals surface area contributed by atoms with Crippen LogP contribution in [0.15, 0.2) is 48.5 Å². The summed E-state index contributed by atoms with van der Waals surface area (Å²) in [5.41, 5.74) is 0. The Labute approximate surface area is 176 Å². The summed E-state index contributed by atoms with van der Waals surface area (Å²) >= 11 is 12.2. The van der Waals surface area contributed by atoms with Gasteiger partial charge >= 0.3 is 0 Å². The van der Waals surface area contributed by atoms with Crippen LogP contribution in [0.2, 0.25) is 10.0 Å². The van der Waals surface area contributed by atoms with Crippen LogP contribution in [0, 0.1) is 0 Å². The molecule has 1 atom stereocenters. The smallest absolute Gasteiger partial charge is 0.156 e. The van der Waals surface area contributed by atoms with Crippen LogP contribution >= 0.6 is 23.2 Å². The van der Waals surface area contributed by atoms with Gasteiger partial charge in [0, 0.05) is 39.3 Å². The Morgan fingerprint density at radius 1 is 0.857 bits per heavy atom. The van der Waals surface area contributed by atoms with E-state index in [1.165, 1.54) is 0 Å². The predicted molar refractivity (Wildman–Crippen MR) is 113 cm³/mol. The maximum Gasteiger partial charge on any atom is 0.156 e. The van der Waals surface area contributed by atoms with Gasteiger partial charge in [-0.15, -0.1) is 0 Å². The first kappa shape index (κ1) is 21.2. The molecule has 5 nitrogen and oxygen atoms in total. The number of aliphatic hydroxyl groups excluding tert-OH is 1. The van der Waals surface area contributed by atoms with E-state index in [0.717, 1.165) is 38.5 Å². The lowest BCUT2D eigenvalue weighted by Gasteiger charge is -2.35. The van der Waals surface area contributed by atoms with Gasteiger partial charge in [0.05, 0.1) is 10.0 Å². The molecule has 0 radical (unpaired) electrons. The molecule has 7 heteroatoms. The lowest BCUT2D eigenvalue weighted by atomic mass is 10.2. The highest BCUT2D eigenvalue weighted by atomic mass is 35.5. The molecule has 0 spiro atoms. The van der Waals surface area contributed by atoms with E-state index in [9.17, 15) is 5.11 Å². The third-order valence-corrected chi connectivity index (χ3v) is 5.29. The highest BCUT2D eigenvalue weighted by molar-refractivity contribution is 6.37. The summed E-state index contributed by atoms with van der Waals surface area (Å²) in [7, 11) is 0. The van der Waals surface area contributed by atoms with Crippen molar-refractivity contribution in [1.29, 1.82) is 0 Å². The lowest BCUT2D eigenvalue weighted by molar-refractivity contribution is 0.0436. The van der Waals surface area contributed by atoms with Crippen molar-refractivity contribution in [3.63, 3.8) is 0 Å². The summed E-state index contributed by atoms with van der Waals surface area (Å²) in [4.78, 5) is 4.61. The maximum atomic E-state index is 10.2. The van der Waals surface area contributed by atoms with Crippen LogP contribution in [-0.4, -0.2) is 73.5 Å². The minimum absolute atomic E-state index is 0.302. The number of hydrogen-bond acceptors (Lipinski definition) is 5. The number of piperazine rings is 1. The van der Waals surface area contributed by atoms with Crippen molar-refractivity contribution >= 4 is 23.2 Å². The third kappa shape index (κ3) is 6.54. The Balaban J connectivity index is 1.32. The molecule has 0 saturated carbocycles. The molecule has 0 bridgehead atoms. The molecule has 0 amide bonds. The van der Waals surface area contributed by atoms with Gasteiger partial charge in [0.2, 0.25) is 0 Å². The Morgan fingerprint density at radius 2 is 1.50 bits per heavy atom. The fraction of sp³-hybridized carbons (Fsp3) is 0.429. The fourth-order valence-corrected chi connectivity index (χ4v) is 3.66. The second kappa shape index (κ2) is 10.9. The quantitative estimate of drug-likeness (QED) is 0.667. The van der Waals surface area contributed by atoms with Gasteiger partial charge in [0.25, 0.3) is 0 Å². The van der Waals surface area contributed by atoms with Crippen LogP contribution in [-0.2, 0) is 0 Å². The molecule has 1 saturated heterocycles. The topological polar surface area (TPSA) is 45.2 Å². The van der Waals surface area contributed by atoms with Crippen molar-refractivity contribution in [3.05, 3.63) is 58.6 Å². The number of benzene rings is 2. The first-order valence-electron chi connectivity index (χ1n) is 9.49. The number of aliphatic hydroxyl groups is 1. The minimum Gasteiger partial charge on any atom is -0.491 e. The van der Waals surface area contributed by atoms with Crippen molar-refractivity contribution in [2.24, 2.45) is 0 Å². The fourth-order valence-electron chi connectivity index (χ4n) is 3.15. The van der Waals surface area contributed by atoms with E-state index in [-0.39, 0.29) is 0 Å². The zero-order valence-corrected chi connectivity index (χ0v) is 17.3. The van der Waals surface area contributed by atoms with Crippen LogP contribution in [0.5, 0.6) is 11.5 Å². The second-order valence-electron chi connectivity index (χ2n) is 6.82. The average molecular weight is 425 g/mol. The van der Waals surface area contributed by atoms with Gasteiger partial charge in [0.1, 0.15) is 25.1 Å². The summed E-state index contributed by atoms with van der Waals surface area (Å²) < 4.78 is 11.4. The zero-order valence-electron chi connectivity index (χ0n) is 15.8. The standard InChI is InChI=1S/C21H26Cl2N2O3/c22-19-7-4-8-20(23)21(19)27-14-13-24-9-11-25(12-10-24)15-17(26)16-28-18-5-2-1-3-6-18/h1-8,17,26H,9-16H2. The molecule has 1 aliphatic heterocycles. The molecule has 1 unspecified atom stereocenters. The van der Waals surface area contributed by atoms with Gasteiger partial charge in [-0.05, 0) is 24.3 Å². The van der Waals surface area contributed by atoms with E-state index in [4.69, 9.17) is 32.7 Å². The molecular formula is C21H26Cl2N2O3. The predicted octanol–water partition coefficient (Wildman–Crippen LogP) is 3.43. The zero-order chi connectivity index (χ0) is 19.8. The molecule has 1 aliphatic rings. The van der Waals surface area contributed by atoms with E-state index < -0.39 is 6.10 Å². The van der Waals surface area contributed by atoms with E-state index in [0.29, 0.717) is 35.6 Å². The van der Waals surface area contributed by atoms with Gasteiger partial charge in [-0.3, -0.25) is 9.80 Å². The monoisotopic (exact) mass is 424 g/mol. The highest BCUT2D eigenvalue weighted by Gasteiger charge is 2.19. The first-order valence-corrected chi connectivity index (χ1v) is 10.2. The number of halogens is 2. The average Bonchev–Trinajstić information content (AvgIpc) is 2.71. The molecule has 1 N–H and O–H groups in total. The molecule has 3 rings (SSSR count). The van der Waals surface area contributed by atoms with Crippen molar-refractivity contribution in [2.45, 2.75) is 6.10 Å². The number of rotatable bonds is 9. The molecule has 1 fully saturated rings. The van der Waals surface area contributed by atoms with Crippen LogP contribution in [0.3, 0.4) is 0 Å². The van der Waals surface area contributed by atoms with E-state index in [1.54, 1.807) is 18.2 Å². The number of nitrogens with zero attached hydrogens (tertiary/aromatic N) is 2. The summed E-state index contributed by atoms with van der Waals surface area (Å²) in [6.45, 7) is 5.97. The summed E-state index contributed by atoms with van der Waals surface area (Å²) in [5, 5.41) is 11.3. The largest absolute Gasteiger partial charge is 0.491 e. The SMILES string of the molecule is OC(COc1ccccc1)CN1CCN(CCOc2c(Cl)cccc2Cl)CC1. The molecule has 0 aliphatic carbocycles. The molecule has 28 heavy (non-hydrogen) atoms. The van der Waals surface area contributed by atoms with Gasteiger partial charge in [-0.25, -0.2) is 0 Å². The minimum atomic E-state index is -0.502. The molecule has 1 heterocycles. The van der Waals surface area contributed by atoms with Gasteiger partial charge < -0.3 is 14.6 Å². The Kier molecular flexibility index (Phi) is 8.25. The molecule has 0 aromatic heterocycles. The van der Waals surface area contributed by atoms with Crippen molar-refractivity contribution in [1.82, 2.24) is 9.80 Å². The van der Waals surface area contributed by atoms with Crippen LogP contribution in [0.25, 0.3) is 0 Å². The number of ether oxygens (including phenoxy) is 2. The molecule has 2 aromatic carbocycles. The third-order valence-electron chi connectivity index (χ3n) is 4.69. The normalized spacial score (nSPS) is 16.7. The highest BCUT2D eigenvalue weighted by Crippen LogP contribution is 2.32. The van der Waals surface area contributed by atoms with Gasteiger partial charge in [0.15, 0.2) is 5.75 Å². The maximum absolute atomic E-state index is 10.2. The van der Waals surface area contributed by atoms with Crippen LogP contribution in [0.1, 0.15) is 0 Å². The summed E-state index contributed by atoms with van der Waals surface area (Å²) in [6, 6.07) is 14.9. The van der Waals surface area contributed by atoms with Crippen LogP contribution in [0.4, 0.5) is 0 Å². The summed E-state index contributed by atoms with van der Waals surface area (Å²) in [5.74, 6) is 1.33. The Hall–Kier alpha value is -1.50. The van der Waals surface area contributed by atoms with Crippen LogP contribution < -0.4 is 9.47 Å². The number of β-amino-alcohol motifs (C(OH)–C–C–N with tert-alkyl or cyclic N) is 1. The molecule has 2 aromatic rings. The van der Waals surface area contributed by atoms with E-state index in [2.05, 4.69) is 9.80 Å². The second-order valence-corrected chi connectivity index (χ2v) is 7.63. The number of para-hydroxylation sites is 2. The Bertz CT molecular complexity index is 705. The van der Waals surface area contributed by atoms with Gasteiger partial charge in [-0.2, -0.15) is 0 Å². The van der Waals surface area contributed by atoms with Gasteiger partial charge in [-0.1, -0.05) is 47.5 Å². The number of hydrogen-bond donors (Lipinski definition) is 1. The van der Waals surface area contributed by atoms with Crippen molar-refractivity contribution < 1.29 is 14.6 Å². The first-order chi connectivity index (χ1) is 13.6. The summed E-state index contributed by atoms with van der Waals surface area (Å²) in [6.07, 6.45) is -0.502. The lowest BCUT2D eigenvalue weighted by Crippen LogP contribution is -2.50. The van der Waals surface area contributed by atoms with Crippen molar-refractivity contribution in [3.8, 4) is 11.5 Å². The Morgan fingerprint density at radius 3 is 2.18 bits per heavy atom. The molecular weight excluding hydrogens is 399 g/mol. The van der Waals surface area contributed by atoms with Crippen molar-refractivity contribution in [2.75, 3.05) is 52.5 Å². The molecule has 152 valence electrons. The van der Waals surface area contributed by atoms with E-state index >= 15 is 0 Å². The van der Waals surface area contributed by atoms with E-state index in [1.807, 2.05) is 30.3 Å².